The molecule has 1 aliphatic rings. The SMILES string of the molecule is COc1cc2c(cc1Nc1ncc(Cl)c(N)n1)CN(C)CC2. The van der Waals surface area contributed by atoms with Crippen LogP contribution >= 0.6 is 11.6 Å². The number of hydrogen-bond donors (Lipinski definition) is 2. The van der Waals surface area contributed by atoms with Gasteiger partial charge < -0.3 is 20.7 Å². The van der Waals surface area contributed by atoms with Gasteiger partial charge in [0.25, 0.3) is 0 Å². The van der Waals surface area contributed by atoms with Gasteiger partial charge in [0.15, 0.2) is 0 Å². The number of ether oxygens (including phenoxy) is 1. The molecule has 0 bridgehead atoms. The molecule has 0 amide bonds. The maximum atomic E-state index is 5.85. The van der Waals surface area contributed by atoms with Gasteiger partial charge in [0.2, 0.25) is 5.95 Å². The minimum atomic E-state index is 0.246. The lowest BCUT2D eigenvalue weighted by molar-refractivity contribution is 0.312. The van der Waals surface area contributed by atoms with E-state index < -0.39 is 0 Å². The molecule has 0 aliphatic carbocycles. The quantitative estimate of drug-likeness (QED) is 0.905. The Labute approximate surface area is 134 Å². The molecule has 22 heavy (non-hydrogen) atoms. The highest BCUT2D eigenvalue weighted by atomic mass is 35.5. The summed E-state index contributed by atoms with van der Waals surface area (Å²) in [4.78, 5) is 10.6. The van der Waals surface area contributed by atoms with Crippen molar-refractivity contribution in [3.63, 3.8) is 0 Å². The van der Waals surface area contributed by atoms with Gasteiger partial charge in [-0.3, -0.25) is 0 Å². The Morgan fingerprint density at radius 2 is 2.18 bits per heavy atom. The fourth-order valence-corrected chi connectivity index (χ4v) is 2.65. The topological polar surface area (TPSA) is 76.3 Å². The Balaban J connectivity index is 1.95. The van der Waals surface area contributed by atoms with Gasteiger partial charge in [0.1, 0.15) is 16.6 Å². The number of likely N-dealkylation sites (N-methyl/N-ethyl adjacent to an activating group) is 1. The molecule has 2 heterocycles. The average Bonchev–Trinajstić information content (AvgIpc) is 2.50. The van der Waals surface area contributed by atoms with Crippen molar-refractivity contribution in [3.05, 3.63) is 34.5 Å². The normalized spacial score (nSPS) is 14.5. The van der Waals surface area contributed by atoms with Crippen molar-refractivity contribution < 1.29 is 4.74 Å². The second-order valence-corrected chi connectivity index (χ2v) is 5.77. The predicted molar refractivity (Wildman–Crippen MR) is 87.8 cm³/mol. The lowest BCUT2D eigenvalue weighted by Crippen LogP contribution is -2.26. The molecule has 0 unspecified atom stereocenters. The van der Waals surface area contributed by atoms with Crippen molar-refractivity contribution in [2.75, 3.05) is 31.8 Å². The third-order valence-electron chi connectivity index (χ3n) is 3.74. The third kappa shape index (κ3) is 2.93. The van der Waals surface area contributed by atoms with Crippen molar-refractivity contribution in [2.24, 2.45) is 0 Å². The summed E-state index contributed by atoms with van der Waals surface area (Å²) in [5, 5.41) is 3.49. The minimum absolute atomic E-state index is 0.246. The molecule has 6 nitrogen and oxygen atoms in total. The summed E-state index contributed by atoms with van der Waals surface area (Å²) in [6, 6.07) is 4.15. The van der Waals surface area contributed by atoms with Crippen molar-refractivity contribution in [1.29, 1.82) is 0 Å². The summed E-state index contributed by atoms with van der Waals surface area (Å²) in [6.07, 6.45) is 2.50. The number of anilines is 3. The van der Waals surface area contributed by atoms with E-state index in [4.69, 9.17) is 22.1 Å². The van der Waals surface area contributed by atoms with E-state index in [0.717, 1.165) is 30.9 Å². The number of fused-ring (bicyclic) bond motifs is 1. The summed E-state index contributed by atoms with van der Waals surface area (Å²) in [6.45, 7) is 1.97. The second kappa shape index (κ2) is 5.98. The van der Waals surface area contributed by atoms with Gasteiger partial charge in [0.05, 0.1) is 19.0 Å². The van der Waals surface area contributed by atoms with Crippen LogP contribution in [0.2, 0.25) is 5.02 Å². The molecular formula is C15H18ClN5O. The van der Waals surface area contributed by atoms with Crippen LogP contribution in [0.4, 0.5) is 17.5 Å². The predicted octanol–water partition coefficient (Wildman–Crippen LogP) is 2.45. The number of nitrogens with two attached hydrogens (primary N) is 1. The molecule has 116 valence electrons. The molecule has 0 saturated carbocycles. The number of aromatic nitrogens is 2. The number of benzene rings is 1. The Hall–Kier alpha value is -2.05. The van der Waals surface area contributed by atoms with Gasteiger partial charge in [-0.15, -0.1) is 0 Å². The van der Waals surface area contributed by atoms with Crippen molar-refractivity contribution in [1.82, 2.24) is 14.9 Å². The van der Waals surface area contributed by atoms with Gasteiger partial charge in [-0.2, -0.15) is 4.98 Å². The zero-order valence-corrected chi connectivity index (χ0v) is 13.3. The van der Waals surface area contributed by atoms with Crippen LogP contribution in [0, 0.1) is 0 Å². The molecule has 3 N–H and O–H groups in total. The van der Waals surface area contributed by atoms with Gasteiger partial charge in [-0.25, -0.2) is 4.98 Å². The van der Waals surface area contributed by atoms with E-state index >= 15 is 0 Å². The summed E-state index contributed by atoms with van der Waals surface area (Å²) >= 11 is 5.85. The first kappa shape index (κ1) is 14.9. The lowest BCUT2D eigenvalue weighted by Gasteiger charge is -2.26. The van der Waals surface area contributed by atoms with E-state index in [1.165, 1.54) is 17.3 Å². The Morgan fingerprint density at radius 1 is 1.36 bits per heavy atom. The molecule has 0 fully saturated rings. The standard InChI is InChI=1S/C15H18ClN5O/c1-21-4-3-9-6-13(22-2)12(5-10(9)8-21)19-15-18-7-11(16)14(17)20-15/h5-7H,3-4,8H2,1-2H3,(H3,17,18,19,20). The summed E-state index contributed by atoms with van der Waals surface area (Å²) < 4.78 is 5.48. The Morgan fingerprint density at radius 3 is 2.91 bits per heavy atom. The highest BCUT2D eigenvalue weighted by Gasteiger charge is 2.17. The van der Waals surface area contributed by atoms with Crippen LogP contribution in [-0.2, 0) is 13.0 Å². The number of halogens is 1. The van der Waals surface area contributed by atoms with Gasteiger partial charge in [-0.1, -0.05) is 11.6 Å². The Bertz CT molecular complexity index is 707. The highest BCUT2D eigenvalue weighted by Crippen LogP contribution is 2.33. The lowest BCUT2D eigenvalue weighted by atomic mass is 9.99. The zero-order valence-electron chi connectivity index (χ0n) is 12.6. The fraction of sp³-hybridized carbons (Fsp3) is 0.333. The van der Waals surface area contributed by atoms with Gasteiger partial charge >= 0.3 is 0 Å². The molecule has 0 spiro atoms. The molecule has 1 aliphatic heterocycles. The summed E-state index contributed by atoms with van der Waals surface area (Å²) in [5.74, 6) is 1.40. The highest BCUT2D eigenvalue weighted by molar-refractivity contribution is 6.32. The van der Waals surface area contributed by atoms with E-state index in [9.17, 15) is 0 Å². The molecule has 3 rings (SSSR count). The van der Waals surface area contributed by atoms with E-state index in [2.05, 4.69) is 39.4 Å². The number of hydrogen-bond acceptors (Lipinski definition) is 6. The molecular weight excluding hydrogens is 302 g/mol. The molecule has 7 heteroatoms. The number of rotatable bonds is 3. The van der Waals surface area contributed by atoms with E-state index in [1.54, 1.807) is 7.11 Å². The molecule has 0 saturated heterocycles. The van der Waals surface area contributed by atoms with Crippen LogP contribution in [0.25, 0.3) is 0 Å². The number of nitrogens with one attached hydrogen (secondary N) is 1. The van der Waals surface area contributed by atoms with Crippen LogP contribution < -0.4 is 15.8 Å². The van der Waals surface area contributed by atoms with Crippen molar-refractivity contribution >= 4 is 29.1 Å². The number of nitrogens with zero attached hydrogens (tertiary/aromatic N) is 3. The summed E-state index contributed by atoms with van der Waals surface area (Å²) in [7, 11) is 3.77. The first-order chi connectivity index (χ1) is 10.6. The van der Waals surface area contributed by atoms with Crippen LogP contribution in [0.1, 0.15) is 11.1 Å². The van der Waals surface area contributed by atoms with Crippen LogP contribution in [0.15, 0.2) is 18.3 Å². The molecule has 2 aromatic rings. The zero-order chi connectivity index (χ0) is 15.7. The minimum Gasteiger partial charge on any atom is -0.495 e. The van der Waals surface area contributed by atoms with Crippen LogP contribution in [0.3, 0.4) is 0 Å². The largest absolute Gasteiger partial charge is 0.495 e. The maximum absolute atomic E-state index is 5.85. The molecule has 1 aromatic heterocycles. The maximum Gasteiger partial charge on any atom is 0.229 e. The first-order valence-corrected chi connectivity index (χ1v) is 7.38. The number of methoxy groups -OCH3 is 1. The third-order valence-corrected chi connectivity index (χ3v) is 4.03. The van der Waals surface area contributed by atoms with Crippen LogP contribution in [0.5, 0.6) is 5.75 Å². The smallest absolute Gasteiger partial charge is 0.229 e. The van der Waals surface area contributed by atoms with E-state index in [1.807, 2.05) is 0 Å². The fourth-order valence-electron chi connectivity index (χ4n) is 2.56. The number of nitrogen functional groups attached to an aromatic ring is 1. The van der Waals surface area contributed by atoms with Crippen molar-refractivity contribution in [3.8, 4) is 5.75 Å². The first-order valence-electron chi connectivity index (χ1n) is 7.00. The van der Waals surface area contributed by atoms with Crippen molar-refractivity contribution in [2.45, 2.75) is 13.0 Å². The van der Waals surface area contributed by atoms with Crippen LogP contribution in [-0.4, -0.2) is 35.6 Å². The van der Waals surface area contributed by atoms with Gasteiger partial charge in [-0.05, 0) is 36.7 Å². The molecule has 1 aromatic carbocycles. The average molecular weight is 320 g/mol. The summed E-state index contributed by atoms with van der Waals surface area (Å²) in [5.41, 5.74) is 9.12. The van der Waals surface area contributed by atoms with E-state index in [0.29, 0.717) is 11.0 Å². The molecule has 0 radical (unpaired) electrons. The monoisotopic (exact) mass is 319 g/mol. The van der Waals surface area contributed by atoms with E-state index in [-0.39, 0.29) is 5.82 Å². The second-order valence-electron chi connectivity index (χ2n) is 5.36. The van der Waals surface area contributed by atoms with Gasteiger partial charge in [0, 0.05) is 13.1 Å². The Kier molecular flexibility index (Phi) is 4.04. The molecule has 0 atom stereocenters.